The largest absolute Gasteiger partial charge is 0.337 e. The summed E-state index contributed by atoms with van der Waals surface area (Å²) in [6.45, 7) is 0.470. The van der Waals surface area contributed by atoms with E-state index in [2.05, 4.69) is 20.9 Å². The lowest BCUT2D eigenvalue weighted by Gasteiger charge is -2.18. The molecule has 0 N–H and O–H groups in total. The number of nitrogens with zero attached hydrogens (tertiary/aromatic N) is 2. The molecular weight excluding hydrogens is 311 g/mol. The number of hydrogen-bond acceptors (Lipinski definition) is 2. The summed E-state index contributed by atoms with van der Waals surface area (Å²) < 4.78 is 13.7. The number of aromatic nitrogens is 1. The molecule has 3 nitrogen and oxygen atoms in total. The molecule has 98 valence electrons. The summed E-state index contributed by atoms with van der Waals surface area (Å²) in [7, 11) is 1.70. The molecular formula is C14H12BrFN2O. The number of amides is 1. The number of carbonyl (C=O) groups excluding carboxylic acids is 1. The molecule has 1 heterocycles. The van der Waals surface area contributed by atoms with Gasteiger partial charge in [0.1, 0.15) is 0 Å². The summed E-state index contributed by atoms with van der Waals surface area (Å²) in [5, 5.41) is 0. The molecule has 2 aromatic rings. The molecule has 1 aromatic heterocycles. The van der Waals surface area contributed by atoms with Crippen LogP contribution in [-0.2, 0) is 6.54 Å². The maximum atomic E-state index is 12.7. The number of pyridine rings is 1. The van der Waals surface area contributed by atoms with Gasteiger partial charge >= 0.3 is 0 Å². The van der Waals surface area contributed by atoms with Gasteiger partial charge in [0.25, 0.3) is 5.91 Å². The normalized spacial score (nSPS) is 10.3. The van der Waals surface area contributed by atoms with E-state index < -0.39 is 5.95 Å². The Labute approximate surface area is 119 Å². The van der Waals surface area contributed by atoms with Crippen LogP contribution in [-0.4, -0.2) is 22.8 Å². The average molecular weight is 323 g/mol. The minimum absolute atomic E-state index is 0.191. The first kappa shape index (κ1) is 13.7. The molecule has 0 aliphatic rings. The highest BCUT2D eigenvalue weighted by Crippen LogP contribution is 2.18. The zero-order valence-corrected chi connectivity index (χ0v) is 11.9. The first-order valence-corrected chi connectivity index (χ1v) is 6.47. The Hall–Kier alpha value is -1.75. The van der Waals surface area contributed by atoms with E-state index in [-0.39, 0.29) is 5.91 Å². The molecule has 0 radical (unpaired) electrons. The van der Waals surface area contributed by atoms with Crippen molar-refractivity contribution >= 4 is 21.8 Å². The summed E-state index contributed by atoms with van der Waals surface area (Å²) in [5.74, 6) is -0.784. The molecule has 0 aliphatic heterocycles. The highest BCUT2D eigenvalue weighted by molar-refractivity contribution is 9.10. The van der Waals surface area contributed by atoms with Gasteiger partial charge in [0, 0.05) is 24.3 Å². The van der Waals surface area contributed by atoms with Gasteiger partial charge < -0.3 is 4.90 Å². The molecule has 0 bridgehead atoms. The van der Waals surface area contributed by atoms with E-state index in [9.17, 15) is 9.18 Å². The summed E-state index contributed by atoms with van der Waals surface area (Å²) in [6.07, 6.45) is 1.24. The number of hydrogen-bond donors (Lipinski definition) is 0. The Morgan fingerprint density at radius 3 is 2.68 bits per heavy atom. The van der Waals surface area contributed by atoms with Crippen molar-refractivity contribution in [2.24, 2.45) is 0 Å². The van der Waals surface area contributed by atoms with Crippen LogP contribution in [0.15, 0.2) is 47.1 Å². The van der Waals surface area contributed by atoms with Crippen molar-refractivity contribution in [3.05, 3.63) is 64.1 Å². The summed E-state index contributed by atoms with van der Waals surface area (Å²) in [6, 6.07) is 10.3. The number of benzene rings is 1. The van der Waals surface area contributed by atoms with Gasteiger partial charge in [0.05, 0.1) is 5.56 Å². The summed E-state index contributed by atoms with van der Waals surface area (Å²) in [5.41, 5.74) is 1.38. The maximum Gasteiger partial charge on any atom is 0.255 e. The van der Waals surface area contributed by atoms with Gasteiger partial charge in [-0.05, 0) is 23.8 Å². The van der Waals surface area contributed by atoms with Gasteiger partial charge in [-0.15, -0.1) is 0 Å². The van der Waals surface area contributed by atoms with Crippen molar-refractivity contribution in [1.29, 1.82) is 0 Å². The van der Waals surface area contributed by atoms with Crippen LogP contribution in [0.1, 0.15) is 15.9 Å². The second kappa shape index (κ2) is 5.93. The van der Waals surface area contributed by atoms with Crippen LogP contribution in [0.2, 0.25) is 0 Å². The van der Waals surface area contributed by atoms with Crippen molar-refractivity contribution in [3.8, 4) is 0 Å². The Balaban J connectivity index is 2.12. The lowest BCUT2D eigenvalue weighted by Crippen LogP contribution is -2.26. The molecule has 1 amide bonds. The van der Waals surface area contributed by atoms with Crippen molar-refractivity contribution in [2.45, 2.75) is 6.54 Å². The fourth-order valence-electron chi connectivity index (χ4n) is 1.68. The van der Waals surface area contributed by atoms with Crippen LogP contribution in [0.25, 0.3) is 0 Å². The van der Waals surface area contributed by atoms with Crippen LogP contribution in [0.5, 0.6) is 0 Å². The smallest absolute Gasteiger partial charge is 0.255 e. The number of halogens is 2. The Bertz CT molecular complexity index is 586. The van der Waals surface area contributed by atoms with Crippen LogP contribution < -0.4 is 0 Å². The molecule has 0 aliphatic carbocycles. The van der Waals surface area contributed by atoms with Crippen molar-refractivity contribution in [2.75, 3.05) is 7.05 Å². The fourth-order valence-corrected chi connectivity index (χ4v) is 2.09. The van der Waals surface area contributed by atoms with Crippen LogP contribution >= 0.6 is 15.9 Å². The van der Waals surface area contributed by atoms with Gasteiger partial charge in [0.2, 0.25) is 5.95 Å². The van der Waals surface area contributed by atoms with E-state index in [0.717, 1.165) is 10.0 Å². The van der Waals surface area contributed by atoms with E-state index >= 15 is 0 Å². The van der Waals surface area contributed by atoms with Crippen LogP contribution in [0, 0.1) is 5.95 Å². The average Bonchev–Trinajstić information content (AvgIpc) is 2.41. The summed E-state index contributed by atoms with van der Waals surface area (Å²) in [4.78, 5) is 17.2. The second-order valence-corrected chi connectivity index (χ2v) is 4.98. The number of rotatable bonds is 3. The highest BCUT2D eigenvalue weighted by atomic mass is 79.9. The zero-order valence-electron chi connectivity index (χ0n) is 10.3. The van der Waals surface area contributed by atoms with Gasteiger partial charge in [0.15, 0.2) is 0 Å². The molecule has 0 unspecified atom stereocenters. The first-order valence-electron chi connectivity index (χ1n) is 5.68. The standard InChI is InChI=1S/C14H12BrFN2O/c1-18(9-11-4-2-3-5-12(11)15)14(19)10-6-7-13(16)17-8-10/h2-8H,9H2,1H3. The quantitative estimate of drug-likeness (QED) is 0.813. The molecule has 0 saturated carbocycles. The van der Waals surface area contributed by atoms with Gasteiger partial charge in [-0.1, -0.05) is 34.1 Å². The number of carbonyl (C=O) groups is 1. The third-order valence-electron chi connectivity index (χ3n) is 2.69. The SMILES string of the molecule is CN(Cc1ccccc1Br)C(=O)c1ccc(F)nc1. The van der Waals surface area contributed by atoms with Crippen molar-refractivity contribution < 1.29 is 9.18 Å². The van der Waals surface area contributed by atoms with E-state index in [4.69, 9.17) is 0 Å². The summed E-state index contributed by atoms with van der Waals surface area (Å²) >= 11 is 3.44. The minimum atomic E-state index is -0.593. The van der Waals surface area contributed by atoms with Crippen LogP contribution in [0.4, 0.5) is 4.39 Å². The van der Waals surface area contributed by atoms with Gasteiger partial charge in [-0.3, -0.25) is 4.79 Å². The highest BCUT2D eigenvalue weighted by Gasteiger charge is 2.13. The van der Waals surface area contributed by atoms with Gasteiger partial charge in [-0.25, -0.2) is 4.98 Å². The Kier molecular flexibility index (Phi) is 4.27. The third kappa shape index (κ3) is 3.38. The molecule has 1 aromatic carbocycles. The third-order valence-corrected chi connectivity index (χ3v) is 3.46. The Morgan fingerprint density at radius 1 is 1.32 bits per heavy atom. The fraction of sp³-hybridized carbons (Fsp3) is 0.143. The van der Waals surface area contributed by atoms with E-state index in [1.54, 1.807) is 11.9 Å². The lowest BCUT2D eigenvalue weighted by atomic mass is 10.2. The molecule has 0 fully saturated rings. The molecule has 2 rings (SSSR count). The van der Waals surface area contributed by atoms with Crippen molar-refractivity contribution in [3.63, 3.8) is 0 Å². The van der Waals surface area contributed by atoms with E-state index in [0.29, 0.717) is 12.1 Å². The topological polar surface area (TPSA) is 33.2 Å². The molecule has 0 saturated heterocycles. The monoisotopic (exact) mass is 322 g/mol. The lowest BCUT2D eigenvalue weighted by molar-refractivity contribution is 0.0784. The van der Waals surface area contributed by atoms with Gasteiger partial charge in [-0.2, -0.15) is 4.39 Å². The zero-order chi connectivity index (χ0) is 13.8. The second-order valence-electron chi connectivity index (χ2n) is 4.12. The molecule has 0 atom stereocenters. The predicted molar refractivity (Wildman–Crippen MR) is 74.1 cm³/mol. The van der Waals surface area contributed by atoms with E-state index in [1.807, 2.05) is 24.3 Å². The minimum Gasteiger partial charge on any atom is -0.337 e. The van der Waals surface area contributed by atoms with Crippen LogP contribution in [0.3, 0.4) is 0 Å². The molecule has 19 heavy (non-hydrogen) atoms. The molecule has 0 spiro atoms. The molecule has 5 heteroatoms. The van der Waals surface area contributed by atoms with E-state index in [1.165, 1.54) is 18.3 Å². The Morgan fingerprint density at radius 2 is 2.05 bits per heavy atom. The first-order chi connectivity index (χ1) is 9.08. The maximum absolute atomic E-state index is 12.7. The predicted octanol–water partition coefficient (Wildman–Crippen LogP) is 3.26. The van der Waals surface area contributed by atoms with Crippen molar-refractivity contribution in [1.82, 2.24) is 9.88 Å².